The summed E-state index contributed by atoms with van der Waals surface area (Å²) in [5, 5.41) is 0. The summed E-state index contributed by atoms with van der Waals surface area (Å²) in [6.07, 6.45) is 10.8. The minimum Gasteiger partial charge on any atom is -0.462 e. The molecule has 3 nitrogen and oxygen atoms in total. The van der Waals surface area contributed by atoms with E-state index >= 15 is 0 Å². The molecule has 0 aromatic heterocycles. The molecule has 0 amide bonds. The van der Waals surface area contributed by atoms with Gasteiger partial charge in [0.15, 0.2) is 5.78 Å². The maximum absolute atomic E-state index is 11.9. The normalized spacial score (nSPS) is 47.3. The molecule has 4 aliphatic carbocycles. The number of ether oxygens (including phenoxy) is 1. The Hall–Kier alpha value is -1.12. The second-order valence-corrected chi connectivity index (χ2v) is 9.19. The Kier molecular flexibility index (Phi) is 3.71. The van der Waals surface area contributed by atoms with E-state index in [0.29, 0.717) is 17.6 Å². The Balaban J connectivity index is 1.62. The molecule has 4 rings (SSSR count). The first-order valence-corrected chi connectivity index (χ1v) is 9.76. The standard InChI is InChI=1S/C21H30O3/c1-13(22)24-19-7-6-17-16-5-4-14-12-15(23)8-10-20(14,2)18(16)9-11-21(17,19)3/h12,16-19H,4-11H2,1-3H3/t16-,17-,18+,19+,20+,21+/m1/s1. The van der Waals surface area contributed by atoms with Gasteiger partial charge in [0.25, 0.3) is 0 Å². The third-order valence-electron chi connectivity index (χ3n) is 8.18. The molecular weight excluding hydrogens is 300 g/mol. The van der Waals surface area contributed by atoms with Crippen molar-refractivity contribution in [2.75, 3.05) is 0 Å². The number of rotatable bonds is 1. The zero-order valence-electron chi connectivity index (χ0n) is 15.3. The molecule has 0 saturated heterocycles. The van der Waals surface area contributed by atoms with Gasteiger partial charge >= 0.3 is 5.97 Å². The van der Waals surface area contributed by atoms with E-state index in [1.54, 1.807) is 6.92 Å². The van der Waals surface area contributed by atoms with Crippen molar-refractivity contribution >= 4 is 11.8 Å². The van der Waals surface area contributed by atoms with Crippen LogP contribution in [0, 0.1) is 28.6 Å². The van der Waals surface area contributed by atoms with Crippen molar-refractivity contribution in [1.29, 1.82) is 0 Å². The fourth-order valence-electron chi connectivity index (χ4n) is 6.91. The number of carbonyl (C=O) groups is 2. The summed E-state index contributed by atoms with van der Waals surface area (Å²) in [6.45, 7) is 6.33. The van der Waals surface area contributed by atoms with E-state index in [1.807, 2.05) is 6.08 Å². The van der Waals surface area contributed by atoms with Gasteiger partial charge in [-0.25, -0.2) is 0 Å². The first-order valence-electron chi connectivity index (χ1n) is 9.76. The van der Waals surface area contributed by atoms with Gasteiger partial charge < -0.3 is 4.74 Å². The van der Waals surface area contributed by atoms with E-state index in [2.05, 4.69) is 13.8 Å². The third-order valence-corrected chi connectivity index (χ3v) is 8.18. The van der Waals surface area contributed by atoms with E-state index in [9.17, 15) is 9.59 Å². The average Bonchev–Trinajstić information content (AvgIpc) is 2.84. The summed E-state index contributed by atoms with van der Waals surface area (Å²) >= 11 is 0. The molecule has 3 fully saturated rings. The predicted molar refractivity (Wildman–Crippen MR) is 92.3 cm³/mol. The highest BCUT2D eigenvalue weighted by Crippen LogP contribution is 2.65. The number of allylic oxidation sites excluding steroid dienone is 1. The topological polar surface area (TPSA) is 43.4 Å². The summed E-state index contributed by atoms with van der Waals surface area (Å²) in [4.78, 5) is 23.4. The highest BCUT2D eigenvalue weighted by molar-refractivity contribution is 5.91. The molecule has 132 valence electrons. The van der Waals surface area contributed by atoms with E-state index in [4.69, 9.17) is 4.74 Å². The van der Waals surface area contributed by atoms with Crippen LogP contribution in [0.5, 0.6) is 0 Å². The van der Waals surface area contributed by atoms with Gasteiger partial charge in [-0.15, -0.1) is 0 Å². The first-order chi connectivity index (χ1) is 11.3. The molecular formula is C21H30O3. The van der Waals surface area contributed by atoms with Gasteiger partial charge in [0, 0.05) is 18.8 Å². The molecule has 0 spiro atoms. The second-order valence-electron chi connectivity index (χ2n) is 9.19. The molecule has 0 N–H and O–H groups in total. The molecule has 0 aliphatic heterocycles. The van der Waals surface area contributed by atoms with Crippen molar-refractivity contribution in [2.24, 2.45) is 28.6 Å². The van der Waals surface area contributed by atoms with Gasteiger partial charge in [-0.1, -0.05) is 19.4 Å². The maximum Gasteiger partial charge on any atom is 0.302 e. The van der Waals surface area contributed by atoms with E-state index in [-0.39, 0.29) is 22.9 Å². The first kappa shape index (κ1) is 16.4. The number of hydrogen-bond acceptors (Lipinski definition) is 3. The molecule has 0 heterocycles. The zero-order chi connectivity index (χ0) is 17.1. The summed E-state index contributed by atoms with van der Waals surface area (Å²) in [5.74, 6) is 2.32. The van der Waals surface area contributed by atoms with E-state index in [0.717, 1.165) is 38.0 Å². The smallest absolute Gasteiger partial charge is 0.302 e. The van der Waals surface area contributed by atoms with Crippen LogP contribution < -0.4 is 0 Å². The van der Waals surface area contributed by atoms with Crippen LogP contribution in [0.4, 0.5) is 0 Å². The molecule has 24 heavy (non-hydrogen) atoms. The Bertz CT molecular complexity index is 606. The Labute approximate surface area is 145 Å². The highest BCUT2D eigenvalue weighted by atomic mass is 16.5. The summed E-state index contributed by atoms with van der Waals surface area (Å²) in [7, 11) is 0. The highest BCUT2D eigenvalue weighted by Gasteiger charge is 2.59. The largest absolute Gasteiger partial charge is 0.462 e. The summed E-state index contributed by atoms with van der Waals surface area (Å²) < 4.78 is 5.71. The number of ketones is 1. The summed E-state index contributed by atoms with van der Waals surface area (Å²) in [5.41, 5.74) is 1.82. The van der Waals surface area contributed by atoms with Gasteiger partial charge in [-0.05, 0) is 74.2 Å². The van der Waals surface area contributed by atoms with Crippen LogP contribution in [-0.2, 0) is 14.3 Å². The zero-order valence-corrected chi connectivity index (χ0v) is 15.3. The van der Waals surface area contributed by atoms with Crippen molar-refractivity contribution in [3.05, 3.63) is 11.6 Å². The molecule has 3 saturated carbocycles. The molecule has 0 aromatic carbocycles. The van der Waals surface area contributed by atoms with Crippen LogP contribution in [0.15, 0.2) is 11.6 Å². The lowest BCUT2D eigenvalue weighted by atomic mass is 9.47. The molecule has 6 atom stereocenters. The molecule has 0 unspecified atom stereocenters. The maximum atomic E-state index is 11.9. The van der Waals surface area contributed by atoms with Gasteiger partial charge in [0.05, 0.1) is 0 Å². The molecule has 4 aliphatic rings. The number of hydrogen-bond donors (Lipinski definition) is 0. The van der Waals surface area contributed by atoms with Crippen LogP contribution in [0.25, 0.3) is 0 Å². The Morgan fingerprint density at radius 1 is 1.08 bits per heavy atom. The fourth-order valence-corrected chi connectivity index (χ4v) is 6.91. The average molecular weight is 330 g/mol. The molecule has 0 radical (unpaired) electrons. The van der Waals surface area contributed by atoms with Crippen LogP contribution in [0.2, 0.25) is 0 Å². The number of esters is 1. The third kappa shape index (κ3) is 2.23. The molecule has 0 bridgehead atoms. The van der Waals surface area contributed by atoms with Crippen molar-refractivity contribution in [3.63, 3.8) is 0 Å². The quantitative estimate of drug-likeness (QED) is 0.667. The minimum absolute atomic E-state index is 0.110. The van der Waals surface area contributed by atoms with Crippen LogP contribution >= 0.6 is 0 Å². The lowest BCUT2D eigenvalue weighted by Gasteiger charge is -2.57. The van der Waals surface area contributed by atoms with Gasteiger partial charge in [0.1, 0.15) is 6.10 Å². The van der Waals surface area contributed by atoms with Gasteiger partial charge in [-0.3, -0.25) is 9.59 Å². The SMILES string of the molecule is CC(=O)O[C@H]1CC[C@@H]2[C@H]3CCC4=CC(=O)CC[C@]4(C)[C@H]3CC[C@]12C. The monoisotopic (exact) mass is 330 g/mol. The number of carbonyl (C=O) groups excluding carboxylic acids is 2. The Morgan fingerprint density at radius 3 is 2.62 bits per heavy atom. The lowest BCUT2D eigenvalue weighted by Crippen LogP contribution is -2.51. The summed E-state index contributed by atoms with van der Waals surface area (Å²) in [6, 6.07) is 0. The van der Waals surface area contributed by atoms with Crippen molar-refractivity contribution in [2.45, 2.75) is 78.2 Å². The van der Waals surface area contributed by atoms with Crippen LogP contribution in [0.3, 0.4) is 0 Å². The van der Waals surface area contributed by atoms with Gasteiger partial charge in [-0.2, -0.15) is 0 Å². The molecule has 0 aromatic rings. The number of fused-ring (bicyclic) bond motifs is 5. The minimum atomic E-state index is -0.129. The van der Waals surface area contributed by atoms with E-state index in [1.165, 1.54) is 24.8 Å². The fraction of sp³-hybridized carbons (Fsp3) is 0.810. The van der Waals surface area contributed by atoms with Crippen LogP contribution in [-0.4, -0.2) is 17.9 Å². The lowest BCUT2D eigenvalue weighted by molar-refractivity contribution is -0.157. The van der Waals surface area contributed by atoms with E-state index < -0.39 is 0 Å². The van der Waals surface area contributed by atoms with Crippen molar-refractivity contribution < 1.29 is 14.3 Å². The second kappa shape index (κ2) is 5.44. The van der Waals surface area contributed by atoms with Gasteiger partial charge in [0.2, 0.25) is 0 Å². The predicted octanol–water partition coefficient (Wildman–Crippen LogP) is 4.45. The Morgan fingerprint density at radius 2 is 1.88 bits per heavy atom. The van der Waals surface area contributed by atoms with Crippen molar-refractivity contribution in [3.8, 4) is 0 Å². The van der Waals surface area contributed by atoms with Crippen molar-refractivity contribution in [1.82, 2.24) is 0 Å². The molecule has 3 heteroatoms. The van der Waals surface area contributed by atoms with Crippen LogP contribution in [0.1, 0.15) is 72.1 Å².